The third kappa shape index (κ3) is 3.37. The van der Waals surface area contributed by atoms with E-state index in [0.717, 1.165) is 0 Å². The predicted molar refractivity (Wildman–Crippen MR) is 110 cm³/mol. The van der Waals surface area contributed by atoms with E-state index >= 15 is 0 Å². The molecule has 1 aromatic carbocycles. The molecule has 0 saturated heterocycles. The summed E-state index contributed by atoms with van der Waals surface area (Å²) in [6, 6.07) is 4.36. The van der Waals surface area contributed by atoms with Crippen LogP contribution < -0.4 is 10.7 Å². The quantitative estimate of drug-likeness (QED) is 0.654. The smallest absolute Gasteiger partial charge is 0.274 e. The summed E-state index contributed by atoms with van der Waals surface area (Å²) >= 11 is 5.75. The van der Waals surface area contributed by atoms with E-state index in [1.54, 1.807) is 7.05 Å². The van der Waals surface area contributed by atoms with Crippen LogP contribution in [0.4, 0.5) is 4.39 Å². The zero-order valence-electron chi connectivity index (χ0n) is 16.7. The summed E-state index contributed by atoms with van der Waals surface area (Å²) in [5.41, 5.74) is -1.99. The van der Waals surface area contributed by atoms with Gasteiger partial charge < -0.3 is 25.0 Å². The summed E-state index contributed by atoms with van der Waals surface area (Å²) in [6.45, 7) is 0.0957. The fraction of sp³-hybridized carbons (Fsp3) is 0.381. The summed E-state index contributed by atoms with van der Waals surface area (Å²) in [4.78, 5) is 39.5. The second kappa shape index (κ2) is 7.65. The number of rotatable bonds is 4. The van der Waals surface area contributed by atoms with E-state index in [0.29, 0.717) is 19.4 Å². The molecule has 1 saturated carbocycles. The Morgan fingerprint density at radius 1 is 1.35 bits per heavy atom. The summed E-state index contributed by atoms with van der Waals surface area (Å²) in [7, 11) is 1.57. The number of benzene rings is 1. The third-order valence-electron chi connectivity index (χ3n) is 6.09. The van der Waals surface area contributed by atoms with Crippen LogP contribution in [0, 0.1) is 11.7 Å². The molecule has 2 amide bonds. The van der Waals surface area contributed by atoms with Gasteiger partial charge in [-0.2, -0.15) is 0 Å². The molecule has 1 spiro atoms. The summed E-state index contributed by atoms with van der Waals surface area (Å²) in [6.07, 6.45) is 2.34. The molecule has 3 N–H and O–H groups in total. The van der Waals surface area contributed by atoms with Crippen molar-refractivity contribution in [3.63, 3.8) is 0 Å². The number of amides is 2. The predicted octanol–water partition coefficient (Wildman–Crippen LogP) is 1.46. The topological polar surface area (TPSA) is 112 Å². The van der Waals surface area contributed by atoms with Crippen LogP contribution in [0.1, 0.15) is 39.3 Å². The highest BCUT2D eigenvalue weighted by Crippen LogP contribution is 2.47. The van der Waals surface area contributed by atoms with Crippen molar-refractivity contribution in [1.82, 2.24) is 14.8 Å². The fourth-order valence-corrected chi connectivity index (χ4v) is 4.73. The van der Waals surface area contributed by atoms with Gasteiger partial charge in [0.05, 0.1) is 10.6 Å². The minimum atomic E-state index is -0.979. The Kier molecular flexibility index (Phi) is 5.26. The molecule has 1 aliphatic carbocycles. The molecule has 4 rings (SSSR count). The first kappa shape index (κ1) is 21.3. The van der Waals surface area contributed by atoms with Crippen LogP contribution in [0.25, 0.3) is 0 Å². The van der Waals surface area contributed by atoms with E-state index in [2.05, 4.69) is 5.32 Å². The van der Waals surface area contributed by atoms with Crippen LogP contribution in [-0.2, 0) is 12.1 Å². The standard InChI is InChI=1S/C21H21ClFN3O5/c1-25-10-21(5-11(6-21)9-27)26-8-13(17(28)18(29)16(26)20(25)31)19(30)24-7-12-3-2-4-14(22)15(12)23/h2-4,8,11,27,29H,5-7,9-10H2,1H3,(H,24,30)/t11-,21+. The van der Waals surface area contributed by atoms with E-state index < -0.39 is 34.3 Å². The molecule has 1 aromatic heterocycles. The average Bonchev–Trinajstić information content (AvgIpc) is 2.71. The first-order valence-corrected chi connectivity index (χ1v) is 10.1. The number of fused-ring (bicyclic) bond motifs is 2. The zero-order valence-corrected chi connectivity index (χ0v) is 17.4. The van der Waals surface area contributed by atoms with Gasteiger partial charge in [-0.3, -0.25) is 14.4 Å². The van der Waals surface area contributed by atoms with Gasteiger partial charge in [0.2, 0.25) is 5.43 Å². The van der Waals surface area contributed by atoms with E-state index in [1.807, 2.05) is 0 Å². The van der Waals surface area contributed by atoms with Crippen molar-refractivity contribution >= 4 is 23.4 Å². The van der Waals surface area contributed by atoms with E-state index in [1.165, 1.54) is 33.9 Å². The second-order valence-electron chi connectivity index (χ2n) is 8.18. The van der Waals surface area contributed by atoms with Crippen LogP contribution >= 0.6 is 11.6 Å². The molecule has 0 atom stereocenters. The SMILES string of the molecule is CN1C[C@]2(C[C@H](CO)C2)n2cc(C(=O)NCc3cccc(Cl)c3F)c(=O)c(O)c2C1=O. The van der Waals surface area contributed by atoms with Crippen molar-refractivity contribution in [2.75, 3.05) is 20.2 Å². The molecule has 0 unspecified atom stereocenters. The Balaban J connectivity index is 1.70. The van der Waals surface area contributed by atoms with E-state index in [4.69, 9.17) is 11.6 Å². The highest BCUT2D eigenvalue weighted by molar-refractivity contribution is 6.30. The Labute approximate surface area is 181 Å². The Morgan fingerprint density at radius 3 is 2.74 bits per heavy atom. The van der Waals surface area contributed by atoms with Crippen LogP contribution in [0.5, 0.6) is 5.75 Å². The highest BCUT2D eigenvalue weighted by atomic mass is 35.5. The monoisotopic (exact) mass is 449 g/mol. The summed E-state index contributed by atoms with van der Waals surface area (Å²) in [5, 5.41) is 22.3. The highest BCUT2D eigenvalue weighted by Gasteiger charge is 2.51. The molecule has 1 aliphatic heterocycles. The summed E-state index contributed by atoms with van der Waals surface area (Å²) in [5.74, 6) is -2.79. The number of aromatic nitrogens is 1. The molecule has 0 bridgehead atoms. The molecule has 0 radical (unpaired) electrons. The van der Waals surface area contributed by atoms with Crippen LogP contribution in [0.15, 0.2) is 29.2 Å². The lowest BCUT2D eigenvalue weighted by molar-refractivity contribution is -0.0102. The summed E-state index contributed by atoms with van der Waals surface area (Å²) < 4.78 is 15.6. The zero-order chi connectivity index (χ0) is 22.5. The number of pyridine rings is 1. The van der Waals surface area contributed by atoms with Crippen molar-refractivity contribution in [3.05, 3.63) is 62.3 Å². The fourth-order valence-electron chi connectivity index (χ4n) is 4.54. The average molecular weight is 450 g/mol. The number of likely N-dealkylation sites (N-methyl/N-ethyl adjacent to an activating group) is 1. The van der Waals surface area contributed by atoms with Gasteiger partial charge in [-0.1, -0.05) is 23.7 Å². The van der Waals surface area contributed by atoms with E-state index in [-0.39, 0.29) is 40.9 Å². The molecule has 8 nitrogen and oxygen atoms in total. The van der Waals surface area contributed by atoms with Crippen molar-refractivity contribution in [2.24, 2.45) is 5.92 Å². The molecule has 2 aliphatic rings. The van der Waals surface area contributed by atoms with Gasteiger partial charge in [0.25, 0.3) is 11.8 Å². The number of nitrogens with zero attached hydrogens (tertiary/aromatic N) is 2. The van der Waals surface area contributed by atoms with Gasteiger partial charge in [-0.15, -0.1) is 0 Å². The molecule has 1 fully saturated rings. The minimum absolute atomic E-state index is 0.0144. The van der Waals surface area contributed by atoms with Gasteiger partial charge in [0.15, 0.2) is 11.4 Å². The molecule has 31 heavy (non-hydrogen) atoms. The second-order valence-corrected chi connectivity index (χ2v) is 8.58. The Bertz CT molecular complexity index is 1140. The number of carbonyl (C=O) groups excluding carboxylic acids is 2. The third-order valence-corrected chi connectivity index (χ3v) is 6.38. The number of nitrogens with one attached hydrogen (secondary N) is 1. The van der Waals surface area contributed by atoms with Gasteiger partial charge in [-0.05, 0) is 24.8 Å². The molecular weight excluding hydrogens is 429 g/mol. The lowest BCUT2D eigenvalue weighted by atomic mass is 9.67. The molecule has 2 aromatic rings. The van der Waals surface area contributed by atoms with E-state index in [9.17, 15) is 29.0 Å². The number of hydrogen-bond acceptors (Lipinski definition) is 5. The number of aliphatic hydroxyl groups is 1. The van der Waals surface area contributed by atoms with Gasteiger partial charge in [0.1, 0.15) is 11.4 Å². The van der Waals surface area contributed by atoms with Crippen LogP contribution in [-0.4, -0.2) is 51.7 Å². The number of aromatic hydroxyl groups is 1. The Hall–Kier alpha value is -2.91. The number of halogens is 2. The van der Waals surface area contributed by atoms with Crippen molar-refractivity contribution in [3.8, 4) is 5.75 Å². The molecular formula is C21H21ClFN3O5. The maximum absolute atomic E-state index is 14.1. The van der Waals surface area contributed by atoms with Gasteiger partial charge in [0, 0.05) is 38.5 Å². The van der Waals surface area contributed by atoms with Crippen molar-refractivity contribution in [2.45, 2.75) is 24.9 Å². The maximum atomic E-state index is 14.1. The minimum Gasteiger partial charge on any atom is -0.503 e. The molecule has 164 valence electrons. The van der Waals surface area contributed by atoms with Crippen molar-refractivity contribution < 1.29 is 24.2 Å². The number of carbonyl (C=O) groups is 2. The normalized spacial score (nSPS) is 22.3. The lowest BCUT2D eigenvalue weighted by Gasteiger charge is -2.53. The van der Waals surface area contributed by atoms with Crippen LogP contribution in [0.2, 0.25) is 5.02 Å². The first-order valence-electron chi connectivity index (χ1n) is 9.75. The maximum Gasteiger partial charge on any atom is 0.274 e. The van der Waals surface area contributed by atoms with Gasteiger partial charge >= 0.3 is 0 Å². The number of aliphatic hydroxyl groups excluding tert-OH is 1. The Morgan fingerprint density at radius 2 is 2.06 bits per heavy atom. The number of hydrogen-bond donors (Lipinski definition) is 3. The molecule has 10 heteroatoms. The van der Waals surface area contributed by atoms with Crippen molar-refractivity contribution in [1.29, 1.82) is 0 Å². The van der Waals surface area contributed by atoms with Gasteiger partial charge in [-0.25, -0.2) is 4.39 Å². The first-order chi connectivity index (χ1) is 14.7. The van der Waals surface area contributed by atoms with Crippen LogP contribution in [0.3, 0.4) is 0 Å². The lowest BCUT2D eigenvalue weighted by Crippen LogP contribution is -2.60. The molecule has 2 heterocycles. The largest absolute Gasteiger partial charge is 0.503 e.